The molecule has 0 saturated heterocycles. The smallest absolute Gasteiger partial charge is 0.0468 e. The Labute approximate surface area is 344 Å². The van der Waals surface area contributed by atoms with E-state index in [1.807, 2.05) is 0 Å². The maximum absolute atomic E-state index is 2.59. The van der Waals surface area contributed by atoms with Crippen molar-refractivity contribution >= 4 is 27.8 Å². The van der Waals surface area contributed by atoms with Crippen LogP contribution in [0.3, 0.4) is 0 Å². The van der Waals surface area contributed by atoms with Crippen LogP contribution in [-0.4, -0.2) is 0 Å². The summed E-state index contributed by atoms with van der Waals surface area (Å²) in [5.41, 5.74) is 18.6. The Morgan fingerprint density at radius 2 is 1.14 bits per heavy atom. The number of benzene rings is 7. The van der Waals surface area contributed by atoms with Gasteiger partial charge in [0.2, 0.25) is 0 Å². The van der Waals surface area contributed by atoms with Gasteiger partial charge in [0.05, 0.1) is 0 Å². The molecular formula is C57H53N. The van der Waals surface area contributed by atoms with Crippen molar-refractivity contribution in [2.45, 2.75) is 88.4 Å². The Morgan fingerprint density at radius 3 is 1.97 bits per heavy atom. The van der Waals surface area contributed by atoms with E-state index in [1.165, 1.54) is 137 Å². The van der Waals surface area contributed by atoms with Crippen molar-refractivity contribution < 1.29 is 0 Å². The summed E-state index contributed by atoms with van der Waals surface area (Å²) in [6.45, 7) is 2.47. The molecule has 0 aliphatic heterocycles. The Kier molecular flexibility index (Phi) is 7.95. The van der Waals surface area contributed by atoms with Crippen LogP contribution >= 0.6 is 0 Å². The molecule has 0 amide bonds. The summed E-state index contributed by atoms with van der Waals surface area (Å²) in [7, 11) is 0. The van der Waals surface area contributed by atoms with Crippen LogP contribution in [0.5, 0.6) is 0 Å². The minimum absolute atomic E-state index is 0.100. The van der Waals surface area contributed by atoms with E-state index >= 15 is 0 Å². The van der Waals surface area contributed by atoms with Crippen LogP contribution in [0.2, 0.25) is 0 Å². The minimum atomic E-state index is 0.100. The monoisotopic (exact) mass is 751 g/mol. The molecule has 58 heavy (non-hydrogen) atoms. The molecule has 0 N–H and O–H groups in total. The topological polar surface area (TPSA) is 3.24 Å². The SMILES string of the molecule is CCC1CC2CCCC(C2)C12c1ccccc1-c1cc(N(c3ccc(-c4ccc5ccccc5c4)cc3)c3ccc4c(c3)C3(CCCCC3)c3ccccc3-4)ccc12. The molecule has 286 valence electrons. The van der Waals surface area contributed by atoms with Gasteiger partial charge in [0.1, 0.15) is 0 Å². The van der Waals surface area contributed by atoms with Gasteiger partial charge in [0.15, 0.2) is 0 Å². The predicted molar refractivity (Wildman–Crippen MR) is 243 cm³/mol. The zero-order valence-corrected chi connectivity index (χ0v) is 33.9. The number of rotatable bonds is 5. The first-order valence-corrected chi connectivity index (χ1v) is 22.5. The predicted octanol–water partition coefficient (Wildman–Crippen LogP) is 15.7. The second kappa shape index (κ2) is 13.3. The summed E-state index contributed by atoms with van der Waals surface area (Å²) in [6.07, 6.45) is 14.6. The van der Waals surface area contributed by atoms with Crippen molar-refractivity contribution in [3.63, 3.8) is 0 Å². The molecule has 0 heterocycles. The third-order valence-electron chi connectivity index (χ3n) is 16.0. The number of nitrogens with zero attached hydrogens (tertiary/aromatic N) is 1. The lowest BCUT2D eigenvalue weighted by Gasteiger charge is -2.54. The standard InChI is InChI=1S/C57H53N/c1-2-43-33-38-13-12-16-44(34-38)57(43)53-20-9-7-18-49(53)51-36-46(28-30-54(51)57)58(45-25-23-40(24-26-45)42-22-21-39-14-4-5-15-41(39)35-42)47-27-29-50-48-17-6-8-19-52(48)56(55(50)37-47)31-10-3-11-32-56/h4-9,14-15,17-30,35-38,43-44H,2-3,10-13,16,31-34H2,1H3. The molecule has 1 nitrogen and oxygen atoms in total. The van der Waals surface area contributed by atoms with E-state index in [0.29, 0.717) is 5.92 Å². The van der Waals surface area contributed by atoms with Gasteiger partial charge in [-0.05, 0) is 159 Å². The highest BCUT2D eigenvalue weighted by atomic mass is 15.1. The lowest BCUT2D eigenvalue weighted by Crippen LogP contribution is -2.48. The average molecular weight is 752 g/mol. The maximum atomic E-state index is 2.59. The molecule has 5 aliphatic rings. The fourth-order valence-electron chi connectivity index (χ4n) is 13.6. The normalized spacial score (nSPS) is 23.4. The van der Waals surface area contributed by atoms with Crippen molar-refractivity contribution in [1.29, 1.82) is 0 Å². The summed E-state index contributed by atoms with van der Waals surface area (Å²) < 4.78 is 0. The Balaban J connectivity index is 1.03. The van der Waals surface area contributed by atoms with Gasteiger partial charge >= 0.3 is 0 Å². The molecule has 3 saturated carbocycles. The van der Waals surface area contributed by atoms with Crippen LogP contribution in [0.1, 0.15) is 99.8 Å². The fraction of sp³-hybridized carbons (Fsp3) is 0.298. The summed E-state index contributed by atoms with van der Waals surface area (Å²) in [4.78, 5) is 2.58. The van der Waals surface area contributed by atoms with Crippen molar-refractivity contribution in [1.82, 2.24) is 0 Å². The van der Waals surface area contributed by atoms with Crippen LogP contribution < -0.4 is 4.90 Å². The number of anilines is 3. The highest BCUT2D eigenvalue weighted by Gasteiger charge is 2.56. The fourth-order valence-corrected chi connectivity index (χ4v) is 13.6. The van der Waals surface area contributed by atoms with E-state index in [4.69, 9.17) is 0 Å². The molecule has 4 unspecified atom stereocenters. The Bertz CT molecular complexity index is 2710. The molecule has 4 atom stereocenters. The largest absolute Gasteiger partial charge is 0.310 e. The lowest BCUT2D eigenvalue weighted by molar-refractivity contribution is 0.0557. The molecule has 2 spiro atoms. The molecular weight excluding hydrogens is 699 g/mol. The van der Waals surface area contributed by atoms with Gasteiger partial charge in [-0.15, -0.1) is 0 Å². The molecule has 5 aliphatic carbocycles. The summed E-state index contributed by atoms with van der Waals surface area (Å²) in [5.74, 6) is 2.31. The highest BCUT2D eigenvalue weighted by Crippen LogP contribution is 2.65. The van der Waals surface area contributed by atoms with Gasteiger partial charge in [0, 0.05) is 27.9 Å². The van der Waals surface area contributed by atoms with Crippen LogP contribution in [0.4, 0.5) is 17.1 Å². The Morgan fingerprint density at radius 1 is 0.483 bits per heavy atom. The first kappa shape index (κ1) is 34.6. The Hall–Kier alpha value is -5.40. The molecule has 1 heteroatoms. The first-order chi connectivity index (χ1) is 28.7. The van der Waals surface area contributed by atoms with Gasteiger partial charge in [-0.1, -0.05) is 155 Å². The van der Waals surface area contributed by atoms with E-state index in [0.717, 1.165) is 11.8 Å². The quantitative estimate of drug-likeness (QED) is 0.169. The molecule has 12 rings (SSSR count). The van der Waals surface area contributed by atoms with Crippen LogP contribution in [0, 0.1) is 17.8 Å². The average Bonchev–Trinajstić information content (AvgIpc) is 3.72. The van der Waals surface area contributed by atoms with Crippen molar-refractivity contribution in [2.75, 3.05) is 4.90 Å². The molecule has 0 radical (unpaired) electrons. The van der Waals surface area contributed by atoms with Gasteiger partial charge in [-0.3, -0.25) is 0 Å². The van der Waals surface area contributed by atoms with E-state index in [1.54, 1.807) is 16.7 Å². The third-order valence-corrected chi connectivity index (χ3v) is 16.0. The lowest BCUT2D eigenvalue weighted by atomic mass is 9.50. The molecule has 3 fully saturated rings. The van der Waals surface area contributed by atoms with Gasteiger partial charge in [-0.25, -0.2) is 0 Å². The van der Waals surface area contributed by atoms with Crippen molar-refractivity contribution in [3.8, 4) is 33.4 Å². The minimum Gasteiger partial charge on any atom is -0.310 e. The van der Waals surface area contributed by atoms with E-state index in [9.17, 15) is 0 Å². The van der Waals surface area contributed by atoms with Crippen LogP contribution in [0.15, 0.2) is 152 Å². The first-order valence-electron chi connectivity index (χ1n) is 22.5. The molecule has 0 aromatic heterocycles. The number of fused-ring (bicyclic) bond motifs is 14. The zero-order chi connectivity index (χ0) is 38.4. The highest BCUT2D eigenvalue weighted by molar-refractivity contribution is 5.91. The molecule has 7 aromatic rings. The van der Waals surface area contributed by atoms with Gasteiger partial charge in [0.25, 0.3) is 0 Å². The van der Waals surface area contributed by atoms with Crippen LogP contribution in [0.25, 0.3) is 44.2 Å². The zero-order valence-electron chi connectivity index (χ0n) is 33.9. The van der Waals surface area contributed by atoms with E-state index in [2.05, 4.69) is 163 Å². The number of hydrogen-bond donors (Lipinski definition) is 0. The molecule has 2 bridgehead atoms. The van der Waals surface area contributed by atoms with Crippen molar-refractivity contribution in [2.24, 2.45) is 17.8 Å². The molecule has 7 aromatic carbocycles. The van der Waals surface area contributed by atoms with Gasteiger partial charge in [-0.2, -0.15) is 0 Å². The second-order valence-electron chi connectivity index (χ2n) is 18.6. The summed E-state index contributed by atoms with van der Waals surface area (Å²) in [6, 6.07) is 58.9. The van der Waals surface area contributed by atoms with Crippen molar-refractivity contribution in [3.05, 3.63) is 174 Å². The third kappa shape index (κ3) is 4.95. The second-order valence-corrected chi connectivity index (χ2v) is 18.6. The summed E-state index contributed by atoms with van der Waals surface area (Å²) >= 11 is 0. The van der Waals surface area contributed by atoms with Crippen LogP contribution in [-0.2, 0) is 10.8 Å². The van der Waals surface area contributed by atoms with Gasteiger partial charge < -0.3 is 4.90 Å². The van der Waals surface area contributed by atoms with E-state index < -0.39 is 0 Å². The number of hydrogen-bond acceptors (Lipinski definition) is 1. The van der Waals surface area contributed by atoms with E-state index in [-0.39, 0.29) is 10.8 Å². The maximum Gasteiger partial charge on any atom is 0.0468 e. The summed E-state index contributed by atoms with van der Waals surface area (Å²) in [5, 5.41) is 2.56.